The lowest BCUT2D eigenvalue weighted by Gasteiger charge is -2.26. The molecule has 0 aromatic carbocycles. The summed E-state index contributed by atoms with van der Waals surface area (Å²) in [6.45, 7) is 5.45. The molecule has 6 nitrogen and oxygen atoms in total. The van der Waals surface area contributed by atoms with Crippen molar-refractivity contribution in [2.45, 2.75) is 44.9 Å². The van der Waals surface area contributed by atoms with Gasteiger partial charge in [-0.2, -0.15) is 0 Å². The second-order valence-electron chi connectivity index (χ2n) is 5.36. The van der Waals surface area contributed by atoms with E-state index in [-0.39, 0.29) is 25.7 Å². The summed E-state index contributed by atoms with van der Waals surface area (Å²) in [5.74, 6) is 1.25. The molecular formula is C13H19NO5. The first-order valence-corrected chi connectivity index (χ1v) is 6.02. The van der Waals surface area contributed by atoms with Crippen LogP contribution in [0.3, 0.4) is 0 Å². The van der Waals surface area contributed by atoms with Crippen LogP contribution in [0.1, 0.15) is 27.2 Å². The molecule has 0 spiro atoms. The van der Waals surface area contributed by atoms with E-state index in [9.17, 15) is 9.59 Å². The van der Waals surface area contributed by atoms with Crippen molar-refractivity contribution in [1.82, 2.24) is 4.90 Å². The Morgan fingerprint density at radius 2 is 2.11 bits per heavy atom. The number of terminal acetylenes is 1. The minimum absolute atomic E-state index is 0.0964. The van der Waals surface area contributed by atoms with Gasteiger partial charge >= 0.3 is 12.1 Å². The molecule has 1 aliphatic heterocycles. The number of carboxylic acids is 1. The number of rotatable bonds is 3. The number of carbonyl (C=O) groups excluding carboxylic acids is 1. The number of amides is 1. The van der Waals surface area contributed by atoms with Crippen molar-refractivity contribution in [1.29, 1.82) is 0 Å². The summed E-state index contributed by atoms with van der Waals surface area (Å²) in [6, 6.07) is -0.933. The molecular weight excluding hydrogens is 250 g/mol. The van der Waals surface area contributed by atoms with Gasteiger partial charge in [-0.3, -0.25) is 4.90 Å². The molecule has 0 bridgehead atoms. The summed E-state index contributed by atoms with van der Waals surface area (Å²) < 4.78 is 10.5. The molecule has 0 aromatic rings. The number of carbonyl (C=O) groups is 2. The first-order valence-electron chi connectivity index (χ1n) is 6.02. The quantitative estimate of drug-likeness (QED) is 0.776. The molecule has 1 N–H and O–H groups in total. The zero-order valence-corrected chi connectivity index (χ0v) is 11.4. The van der Waals surface area contributed by atoms with Gasteiger partial charge < -0.3 is 14.6 Å². The van der Waals surface area contributed by atoms with Gasteiger partial charge in [-0.25, -0.2) is 9.59 Å². The highest BCUT2D eigenvalue weighted by Crippen LogP contribution is 2.23. The first-order chi connectivity index (χ1) is 8.74. The van der Waals surface area contributed by atoms with Crippen LogP contribution in [-0.4, -0.2) is 53.0 Å². The molecule has 0 radical (unpaired) electrons. The lowest BCUT2D eigenvalue weighted by atomic mass is 10.2. The number of likely N-dealkylation sites (tertiary alicyclic amines) is 1. The summed E-state index contributed by atoms with van der Waals surface area (Å²) in [7, 11) is 0. The van der Waals surface area contributed by atoms with Gasteiger partial charge in [-0.15, -0.1) is 6.42 Å². The molecule has 0 saturated carbocycles. The molecule has 6 heteroatoms. The second-order valence-corrected chi connectivity index (χ2v) is 5.36. The lowest BCUT2D eigenvalue weighted by Crippen LogP contribution is -2.43. The van der Waals surface area contributed by atoms with Crippen LogP contribution in [-0.2, 0) is 14.3 Å². The van der Waals surface area contributed by atoms with Crippen molar-refractivity contribution in [3.05, 3.63) is 0 Å². The molecule has 106 valence electrons. The van der Waals surface area contributed by atoms with Gasteiger partial charge in [0.05, 0.1) is 12.6 Å². The molecule has 1 saturated heterocycles. The number of aliphatic carboxylic acids is 1. The largest absolute Gasteiger partial charge is 0.480 e. The van der Waals surface area contributed by atoms with Crippen molar-refractivity contribution >= 4 is 12.1 Å². The van der Waals surface area contributed by atoms with E-state index < -0.39 is 23.7 Å². The normalized spacial score (nSPS) is 22.9. The topological polar surface area (TPSA) is 76.1 Å². The Morgan fingerprint density at radius 1 is 1.47 bits per heavy atom. The summed E-state index contributed by atoms with van der Waals surface area (Å²) in [5.41, 5.74) is -0.669. The molecule has 19 heavy (non-hydrogen) atoms. The number of ether oxygens (including phenoxy) is 2. The van der Waals surface area contributed by atoms with Crippen LogP contribution < -0.4 is 0 Å². The first kappa shape index (κ1) is 15.3. The molecule has 1 heterocycles. The van der Waals surface area contributed by atoms with Gasteiger partial charge in [0.1, 0.15) is 18.2 Å². The molecule has 0 aromatic heterocycles. The summed E-state index contributed by atoms with van der Waals surface area (Å²) in [6.07, 6.45) is 4.28. The summed E-state index contributed by atoms with van der Waals surface area (Å²) in [5, 5.41) is 9.13. The fraction of sp³-hybridized carbons (Fsp3) is 0.692. The van der Waals surface area contributed by atoms with E-state index in [2.05, 4.69) is 5.92 Å². The van der Waals surface area contributed by atoms with Crippen molar-refractivity contribution in [2.24, 2.45) is 0 Å². The number of carboxylic acid groups (broad SMARTS) is 1. The van der Waals surface area contributed by atoms with Gasteiger partial charge in [0.2, 0.25) is 0 Å². The van der Waals surface area contributed by atoms with Crippen molar-refractivity contribution in [2.75, 3.05) is 13.2 Å². The SMILES string of the molecule is C#CCOC1CC(C(=O)O)N(C(=O)OC(C)(C)C)C1. The van der Waals surface area contributed by atoms with Crippen LogP contribution in [0, 0.1) is 12.3 Å². The Balaban J connectivity index is 2.71. The van der Waals surface area contributed by atoms with Crippen molar-refractivity contribution in [3.63, 3.8) is 0 Å². The number of hydrogen-bond acceptors (Lipinski definition) is 4. The van der Waals surface area contributed by atoms with E-state index in [1.807, 2.05) is 0 Å². The van der Waals surface area contributed by atoms with Crippen molar-refractivity contribution < 1.29 is 24.2 Å². The fourth-order valence-corrected chi connectivity index (χ4v) is 1.84. The van der Waals surface area contributed by atoms with Crippen molar-refractivity contribution in [3.8, 4) is 12.3 Å². The van der Waals surface area contributed by atoms with Gasteiger partial charge in [-0.05, 0) is 20.8 Å². The Morgan fingerprint density at radius 3 is 2.58 bits per heavy atom. The number of nitrogens with zero attached hydrogens (tertiary/aromatic N) is 1. The third-order valence-corrected chi connectivity index (χ3v) is 2.58. The molecule has 1 fully saturated rings. The monoisotopic (exact) mass is 269 g/mol. The highest BCUT2D eigenvalue weighted by molar-refractivity contribution is 5.81. The van der Waals surface area contributed by atoms with E-state index >= 15 is 0 Å². The van der Waals surface area contributed by atoms with E-state index in [1.165, 1.54) is 4.90 Å². The average molecular weight is 269 g/mol. The van der Waals surface area contributed by atoms with Gasteiger partial charge in [0, 0.05) is 6.42 Å². The van der Waals surface area contributed by atoms with E-state index in [0.717, 1.165) is 0 Å². The minimum atomic E-state index is -1.07. The molecule has 1 rings (SSSR count). The van der Waals surface area contributed by atoms with Crippen LogP contribution in [0.4, 0.5) is 4.79 Å². The molecule has 1 amide bonds. The molecule has 1 aliphatic rings. The van der Waals surface area contributed by atoms with E-state index in [4.69, 9.17) is 21.0 Å². The second kappa shape index (κ2) is 5.93. The third kappa shape index (κ3) is 4.45. The lowest BCUT2D eigenvalue weighted by molar-refractivity contribution is -0.142. The Bertz CT molecular complexity index is 393. The smallest absolute Gasteiger partial charge is 0.411 e. The molecule has 2 unspecified atom stereocenters. The third-order valence-electron chi connectivity index (χ3n) is 2.58. The highest BCUT2D eigenvalue weighted by atomic mass is 16.6. The van der Waals surface area contributed by atoms with Crippen LogP contribution in [0.5, 0.6) is 0 Å². The zero-order valence-electron chi connectivity index (χ0n) is 11.4. The predicted molar refractivity (Wildman–Crippen MR) is 67.6 cm³/mol. The maximum atomic E-state index is 11.9. The molecule has 0 aliphatic carbocycles. The predicted octanol–water partition coefficient (Wildman–Crippen LogP) is 1.10. The van der Waals surface area contributed by atoms with E-state index in [1.54, 1.807) is 20.8 Å². The van der Waals surface area contributed by atoms with Crippen LogP contribution in [0.2, 0.25) is 0 Å². The highest BCUT2D eigenvalue weighted by Gasteiger charge is 2.41. The zero-order chi connectivity index (χ0) is 14.6. The Hall–Kier alpha value is -1.74. The maximum absolute atomic E-state index is 11.9. The van der Waals surface area contributed by atoms with Gasteiger partial charge in [0.15, 0.2) is 0 Å². The Kier molecular flexibility index (Phi) is 4.78. The van der Waals surface area contributed by atoms with Crippen LogP contribution in [0.25, 0.3) is 0 Å². The standard InChI is InChI=1S/C13H19NO5/c1-5-6-18-9-7-10(11(15)16)14(8-9)12(17)19-13(2,3)4/h1,9-10H,6-8H2,2-4H3,(H,15,16). The Labute approximate surface area is 112 Å². The fourth-order valence-electron chi connectivity index (χ4n) is 1.84. The minimum Gasteiger partial charge on any atom is -0.480 e. The number of hydrogen-bond donors (Lipinski definition) is 1. The summed E-state index contributed by atoms with van der Waals surface area (Å²) >= 11 is 0. The van der Waals surface area contributed by atoms with Gasteiger partial charge in [0.25, 0.3) is 0 Å². The van der Waals surface area contributed by atoms with Crippen LogP contribution >= 0.6 is 0 Å². The molecule has 2 atom stereocenters. The summed E-state index contributed by atoms with van der Waals surface area (Å²) in [4.78, 5) is 24.3. The maximum Gasteiger partial charge on any atom is 0.411 e. The van der Waals surface area contributed by atoms with Gasteiger partial charge in [-0.1, -0.05) is 5.92 Å². The van der Waals surface area contributed by atoms with Crippen LogP contribution in [0.15, 0.2) is 0 Å². The average Bonchev–Trinajstić information content (AvgIpc) is 2.68. The van der Waals surface area contributed by atoms with E-state index in [0.29, 0.717) is 0 Å².